The van der Waals surface area contributed by atoms with Crippen LogP contribution in [0.15, 0.2) is 34.3 Å². The van der Waals surface area contributed by atoms with Crippen molar-refractivity contribution in [3.63, 3.8) is 0 Å². The molecule has 2 aromatic rings. The first-order valence-electron chi connectivity index (χ1n) is 8.83. The van der Waals surface area contributed by atoms with Crippen LogP contribution in [-0.4, -0.2) is 33.8 Å². The molecule has 4 rings (SSSR count). The summed E-state index contributed by atoms with van der Waals surface area (Å²) in [5.74, 6) is 0.843. The lowest BCUT2D eigenvalue weighted by atomic mass is 9.99. The second kappa shape index (κ2) is 6.42. The van der Waals surface area contributed by atoms with Crippen molar-refractivity contribution in [2.24, 2.45) is 0 Å². The van der Waals surface area contributed by atoms with Crippen LogP contribution in [0.25, 0.3) is 0 Å². The van der Waals surface area contributed by atoms with E-state index >= 15 is 0 Å². The largest absolute Gasteiger partial charge is 0.329 e. The monoisotopic (exact) mass is 362 g/mol. The summed E-state index contributed by atoms with van der Waals surface area (Å²) in [6, 6.07) is 3.05. The number of aryl methyl sites for hydroxylation is 1. The van der Waals surface area contributed by atoms with Crippen LogP contribution in [0.4, 0.5) is 0 Å². The number of aromatic amines is 1. The quantitative estimate of drug-likeness (QED) is 0.902. The highest BCUT2D eigenvalue weighted by molar-refractivity contribution is 7.89. The number of nitrogens with zero attached hydrogens (tertiary/aromatic N) is 3. The average Bonchev–Trinajstić information content (AvgIpc) is 3.07. The molecule has 0 spiro atoms. The molecule has 4 heterocycles. The van der Waals surface area contributed by atoms with Gasteiger partial charge in [-0.25, -0.2) is 13.4 Å². The minimum atomic E-state index is -3.69. The number of hydrogen-bond donors (Lipinski definition) is 1. The van der Waals surface area contributed by atoms with Gasteiger partial charge in [0, 0.05) is 31.3 Å². The molecule has 1 saturated heterocycles. The standard InChI is InChI=1S/C17H22N4O3S/c22-17-13(6-5-9-18-17)14-7-1-4-11-21(14)25(23,24)16-12-19-15-8-2-3-10-20(15)16/h5-6,9,12,14H,1-4,7-8,10-11H2,(H,18,22). The maximum Gasteiger partial charge on any atom is 0.260 e. The molecule has 0 saturated carbocycles. The van der Waals surface area contributed by atoms with Gasteiger partial charge in [0.1, 0.15) is 5.82 Å². The van der Waals surface area contributed by atoms with Gasteiger partial charge >= 0.3 is 0 Å². The van der Waals surface area contributed by atoms with Crippen molar-refractivity contribution in [3.05, 3.63) is 46.3 Å². The van der Waals surface area contributed by atoms with E-state index in [0.29, 0.717) is 25.1 Å². The first kappa shape index (κ1) is 16.5. The number of pyridine rings is 1. The van der Waals surface area contributed by atoms with Gasteiger partial charge in [0.25, 0.3) is 15.6 Å². The fourth-order valence-corrected chi connectivity index (χ4v) is 5.74. The van der Waals surface area contributed by atoms with Crippen molar-refractivity contribution in [2.75, 3.05) is 6.54 Å². The SMILES string of the molecule is O=c1[nH]cccc1C1CCCCN1S(=O)(=O)c1cnc2n1CCCC2. The Morgan fingerprint density at radius 1 is 1.16 bits per heavy atom. The number of piperidine rings is 1. The summed E-state index contributed by atoms with van der Waals surface area (Å²) in [4.78, 5) is 19.2. The first-order chi connectivity index (χ1) is 12.1. The molecule has 25 heavy (non-hydrogen) atoms. The van der Waals surface area contributed by atoms with Gasteiger partial charge in [0.2, 0.25) is 0 Å². The van der Waals surface area contributed by atoms with Crippen LogP contribution in [0.2, 0.25) is 0 Å². The summed E-state index contributed by atoms with van der Waals surface area (Å²) < 4.78 is 30.1. The Morgan fingerprint density at radius 2 is 2.00 bits per heavy atom. The van der Waals surface area contributed by atoms with Gasteiger partial charge in [0.05, 0.1) is 12.2 Å². The van der Waals surface area contributed by atoms with Gasteiger partial charge in [-0.15, -0.1) is 0 Å². The van der Waals surface area contributed by atoms with E-state index in [2.05, 4.69) is 9.97 Å². The van der Waals surface area contributed by atoms with Crippen LogP contribution in [0.5, 0.6) is 0 Å². The van der Waals surface area contributed by atoms with Crippen LogP contribution < -0.4 is 5.56 Å². The van der Waals surface area contributed by atoms with E-state index in [9.17, 15) is 13.2 Å². The zero-order valence-corrected chi connectivity index (χ0v) is 14.8. The van der Waals surface area contributed by atoms with Gasteiger partial charge in [-0.05, 0) is 31.7 Å². The first-order valence-corrected chi connectivity index (χ1v) is 10.3. The summed E-state index contributed by atoms with van der Waals surface area (Å²) in [7, 11) is -3.69. The molecule has 7 nitrogen and oxygen atoms in total. The van der Waals surface area contributed by atoms with E-state index in [-0.39, 0.29) is 10.6 Å². The smallest absolute Gasteiger partial charge is 0.260 e. The number of hydrogen-bond acceptors (Lipinski definition) is 4. The number of nitrogens with one attached hydrogen (secondary N) is 1. The Morgan fingerprint density at radius 3 is 2.84 bits per heavy atom. The lowest BCUT2D eigenvalue weighted by Crippen LogP contribution is -2.41. The molecule has 1 N–H and O–H groups in total. The fraction of sp³-hybridized carbons (Fsp3) is 0.529. The Hall–Kier alpha value is -1.93. The third-order valence-electron chi connectivity index (χ3n) is 5.17. The van der Waals surface area contributed by atoms with Crippen molar-refractivity contribution < 1.29 is 8.42 Å². The molecule has 0 radical (unpaired) electrons. The van der Waals surface area contributed by atoms with E-state index < -0.39 is 16.1 Å². The van der Waals surface area contributed by atoms with Crippen molar-refractivity contribution in [1.29, 1.82) is 0 Å². The van der Waals surface area contributed by atoms with E-state index in [0.717, 1.165) is 37.9 Å². The Labute approximate surface area is 146 Å². The van der Waals surface area contributed by atoms with E-state index in [1.807, 2.05) is 4.57 Å². The van der Waals surface area contributed by atoms with Crippen LogP contribution in [0.3, 0.4) is 0 Å². The maximum absolute atomic E-state index is 13.4. The van der Waals surface area contributed by atoms with Crippen LogP contribution in [0.1, 0.15) is 49.5 Å². The minimum Gasteiger partial charge on any atom is -0.329 e. The third kappa shape index (κ3) is 2.83. The van der Waals surface area contributed by atoms with Crippen LogP contribution >= 0.6 is 0 Å². The zero-order chi connectivity index (χ0) is 17.4. The van der Waals surface area contributed by atoms with E-state index in [4.69, 9.17) is 0 Å². The highest BCUT2D eigenvalue weighted by Crippen LogP contribution is 2.34. The highest BCUT2D eigenvalue weighted by atomic mass is 32.2. The lowest BCUT2D eigenvalue weighted by molar-refractivity contribution is 0.252. The number of fused-ring (bicyclic) bond motifs is 1. The molecule has 8 heteroatoms. The number of aromatic nitrogens is 3. The molecule has 1 atom stereocenters. The highest BCUT2D eigenvalue weighted by Gasteiger charge is 2.38. The average molecular weight is 362 g/mol. The third-order valence-corrected chi connectivity index (χ3v) is 7.08. The Bertz CT molecular complexity index is 931. The van der Waals surface area contributed by atoms with Gasteiger partial charge < -0.3 is 9.55 Å². The summed E-state index contributed by atoms with van der Waals surface area (Å²) in [5.41, 5.74) is 0.300. The normalized spacial score (nSPS) is 21.8. The predicted octanol–water partition coefficient (Wildman–Crippen LogP) is 1.82. The molecule has 1 unspecified atom stereocenters. The maximum atomic E-state index is 13.4. The Kier molecular flexibility index (Phi) is 4.24. The molecule has 0 bridgehead atoms. The minimum absolute atomic E-state index is 0.218. The van der Waals surface area contributed by atoms with Crippen molar-refractivity contribution in [3.8, 4) is 0 Å². The fourth-order valence-electron chi connectivity index (χ4n) is 3.91. The van der Waals surface area contributed by atoms with Crippen LogP contribution in [-0.2, 0) is 23.0 Å². The zero-order valence-electron chi connectivity index (χ0n) is 14.0. The summed E-state index contributed by atoms with van der Waals surface area (Å²) in [6.07, 6.45) is 8.26. The summed E-state index contributed by atoms with van der Waals surface area (Å²) in [5, 5.41) is 0.265. The van der Waals surface area contributed by atoms with Gasteiger partial charge in [-0.3, -0.25) is 4.79 Å². The van der Waals surface area contributed by atoms with Gasteiger partial charge in [-0.2, -0.15) is 4.31 Å². The molecule has 2 aliphatic heterocycles. The number of imidazole rings is 1. The summed E-state index contributed by atoms with van der Waals surface area (Å²) in [6.45, 7) is 1.12. The Balaban J connectivity index is 1.76. The van der Waals surface area contributed by atoms with Crippen LogP contribution in [0, 0.1) is 0 Å². The summed E-state index contributed by atoms with van der Waals surface area (Å²) >= 11 is 0. The van der Waals surface area contributed by atoms with E-state index in [1.165, 1.54) is 10.5 Å². The second-order valence-corrected chi connectivity index (χ2v) is 8.54. The van der Waals surface area contributed by atoms with Crippen molar-refractivity contribution in [1.82, 2.24) is 18.8 Å². The molecule has 0 aliphatic carbocycles. The number of sulfonamides is 1. The van der Waals surface area contributed by atoms with Crippen molar-refractivity contribution in [2.45, 2.75) is 56.1 Å². The second-order valence-electron chi connectivity index (χ2n) is 6.70. The molecule has 0 aromatic carbocycles. The predicted molar refractivity (Wildman–Crippen MR) is 92.7 cm³/mol. The van der Waals surface area contributed by atoms with Crippen molar-refractivity contribution >= 4 is 10.0 Å². The number of rotatable bonds is 3. The van der Waals surface area contributed by atoms with Gasteiger partial charge in [-0.1, -0.05) is 12.5 Å². The number of H-pyrrole nitrogens is 1. The van der Waals surface area contributed by atoms with E-state index in [1.54, 1.807) is 18.3 Å². The molecule has 1 fully saturated rings. The lowest BCUT2D eigenvalue weighted by Gasteiger charge is -2.34. The molecular weight excluding hydrogens is 340 g/mol. The molecule has 0 amide bonds. The molecule has 134 valence electrons. The van der Waals surface area contributed by atoms with Gasteiger partial charge in [0.15, 0.2) is 5.03 Å². The topological polar surface area (TPSA) is 88.1 Å². The molecular formula is C17H22N4O3S. The molecule has 2 aromatic heterocycles. The molecule has 2 aliphatic rings.